The average Bonchev–Trinajstić information content (AvgIpc) is 3.71. The molecule has 3 aliphatic rings. The first kappa shape index (κ1) is 30.2. The lowest BCUT2D eigenvalue weighted by Gasteiger charge is -2.43. The van der Waals surface area contributed by atoms with Crippen LogP contribution in [-0.4, -0.2) is 68.2 Å². The summed E-state index contributed by atoms with van der Waals surface area (Å²) in [7, 11) is -3.68. The lowest BCUT2D eigenvalue weighted by atomic mass is 9.90. The molecule has 0 amide bonds. The maximum absolute atomic E-state index is 12.8. The lowest BCUT2D eigenvalue weighted by molar-refractivity contribution is -0.276. The molecule has 3 aliphatic heterocycles. The molecule has 6 rings (SSSR count). The molecule has 0 saturated carbocycles. The van der Waals surface area contributed by atoms with Crippen molar-refractivity contribution in [2.24, 2.45) is 5.92 Å². The van der Waals surface area contributed by atoms with Gasteiger partial charge in [-0.05, 0) is 80.7 Å². The minimum atomic E-state index is -3.68. The summed E-state index contributed by atoms with van der Waals surface area (Å²) >= 11 is 0. The van der Waals surface area contributed by atoms with E-state index in [9.17, 15) is 13.5 Å². The van der Waals surface area contributed by atoms with E-state index in [0.717, 1.165) is 36.3 Å². The first-order valence-corrected chi connectivity index (χ1v) is 17.0. The highest BCUT2D eigenvalue weighted by Crippen LogP contribution is 2.42. The van der Waals surface area contributed by atoms with Gasteiger partial charge in [-0.1, -0.05) is 61.5 Å². The molecular formula is C34H43N3O5S. The van der Waals surface area contributed by atoms with Crippen LogP contribution in [0.1, 0.15) is 61.7 Å². The number of rotatable bonds is 10. The van der Waals surface area contributed by atoms with Crippen molar-refractivity contribution in [3.8, 4) is 0 Å². The van der Waals surface area contributed by atoms with Gasteiger partial charge in [0.25, 0.3) is 10.0 Å². The Hall–Kier alpha value is -2.79. The zero-order valence-electron chi connectivity index (χ0n) is 24.8. The van der Waals surface area contributed by atoms with Crippen LogP contribution < -0.4 is 4.72 Å². The number of aliphatic hydroxyl groups is 1. The van der Waals surface area contributed by atoms with Gasteiger partial charge in [0, 0.05) is 36.3 Å². The molecule has 0 aliphatic carbocycles. The van der Waals surface area contributed by atoms with Gasteiger partial charge in [0.1, 0.15) is 0 Å². The van der Waals surface area contributed by atoms with Gasteiger partial charge in [0.15, 0.2) is 6.29 Å². The molecule has 3 heterocycles. The zero-order chi connectivity index (χ0) is 29.8. The van der Waals surface area contributed by atoms with Crippen LogP contribution in [0.15, 0.2) is 83.8 Å². The van der Waals surface area contributed by atoms with Crippen LogP contribution >= 0.6 is 0 Å². The summed E-state index contributed by atoms with van der Waals surface area (Å²) in [6, 6.07) is 24.1. The Labute approximate surface area is 255 Å². The Bertz CT molecular complexity index is 1430. The van der Waals surface area contributed by atoms with E-state index >= 15 is 0 Å². The number of likely N-dealkylation sites (tertiary alicyclic amines) is 2. The number of nitrogens with one attached hydrogen (secondary N) is 1. The topological polar surface area (TPSA) is 91.3 Å². The Morgan fingerprint density at radius 1 is 0.837 bits per heavy atom. The van der Waals surface area contributed by atoms with Gasteiger partial charge in [-0.2, -0.15) is 0 Å². The predicted molar refractivity (Wildman–Crippen MR) is 167 cm³/mol. The number of hydrogen-bond acceptors (Lipinski definition) is 7. The maximum Gasteiger partial charge on any atom is 0.261 e. The molecule has 3 saturated heterocycles. The first-order valence-electron chi connectivity index (χ1n) is 15.5. The second-order valence-electron chi connectivity index (χ2n) is 12.2. The summed E-state index contributed by atoms with van der Waals surface area (Å²) in [5, 5.41) is 9.56. The fourth-order valence-corrected chi connectivity index (χ4v) is 7.77. The molecule has 43 heavy (non-hydrogen) atoms. The quantitative estimate of drug-likeness (QED) is 0.323. The van der Waals surface area contributed by atoms with E-state index in [1.54, 1.807) is 42.5 Å². The average molecular weight is 606 g/mol. The number of ether oxygens (including phenoxy) is 2. The number of benzene rings is 3. The Balaban J connectivity index is 1.21. The van der Waals surface area contributed by atoms with Crippen LogP contribution in [0.25, 0.3) is 0 Å². The fraction of sp³-hybridized carbons (Fsp3) is 0.471. The summed E-state index contributed by atoms with van der Waals surface area (Å²) in [5.74, 6) is 0.112. The molecule has 9 heteroatoms. The smallest absolute Gasteiger partial charge is 0.261 e. The van der Waals surface area contributed by atoms with Crippen molar-refractivity contribution in [1.29, 1.82) is 0 Å². The summed E-state index contributed by atoms with van der Waals surface area (Å²) < 4.78 is 41.7. The van der Waals surface area contributed by atoms with Crippen LogP contribution in [0, 0.1) is 5.92 Å². The van der Waals surface area contributed by atoms with Crippen molar-refractivity contribution in [1.82, 2.24) is 9.80 Å². The molecule has 3 aromatic carbocycles. The fourth-order valence-electron chi connectivity index (χ4n) is 6.69. The van der Waals surface area contributed by atoms with Crippen molar-refractivity contribution >= 4 is 15.7 Å². The highest BCUT2D eigenvalue weighted by Gasteiger charge is 2.40. The minimum Gasteiger partial charge on any atom is -0.392 e. The molecule has 0 spiro atoms. The Kier molecular flexibility index (Phi) is 9.47. The van der Waals surface area contributed by atoms with Crippen molar-refractivity contribution in [3.05, 3.63) is 95.6 Å². The molecule has 3 fully saturated rings. The minimum absolute atomic E-state index is 0.00343. The Morgan fingerprint density at radius 3 is 2.23 bits per heavy atom. The van der Waals surface area contributed by atoms with Gasteiger partial charge in [0.05, 0.1) is 23.7 Å². The van der Waals surface area contributed by atoms with Crippen LogP contribution in [0.3, 0.4) is 0 Å². The van der Waals surface area contributed by atoms with Gasteiger partial charge >= 0.3 is 0 Å². The molecule has 2 N–H and O–H groups in total. The first-order chi connectivity index (χ1) is 20.9. The predicted octanol–water partition coefficient (Wildman–Crippen LogP) is 5.33. The third-order valence-electron chi connectivity index (χ3n) is 9.19. The van der Waals surface area contributed by atoms with Crippen LogP contribution in [-0.2, 0) is 26.1 Å². The SMILES string of the molecule is C[C@H]1[C@@H](CN2CCC[C@H]2CN2CCCC2)O[C@@H](c2ccc(NS(=O)(=O)c3ccccc3)cc2)O[C@H]1c1ccc(CO)cc1. The van der Waals surface area contributed by atoms with Gasteiger partial charge in [0.2, 0.25) is 0 Å². The second kappa shape index (κ2) is 13.5. The van der Waals surface area contributed by atoms with E-state index in [1.165, 1.54) is 38.8 Å². The van der Waals surface area contributed by atoms with Crippen molar-refractivity contribution in [3.63, 3.8) is 0 Å². The van der Waals surface area contributed by atoms with Crippen molar-refractivity contribution < 1.29 is 23.0 Å². The number of sulfonamides is 1. The van der Waals surface area contributed by atoms with Gasteiger partial charge < -0.3 is 19.5 Å². The third-order valence-corrected chi connectivity index (χ3v) is 10.6. The molecule has 8 nitrogen and oxygen atoms in total. The Morgan fingerprint density at radius 2 is 1.53 bits per heavy atom. The number of nitrogens with zero attached hydrogens (tertiary/aromatic N) is 2. The maximum atomic E-state index is 12.8. The molecule has 0 unspecified atom stereocenters. The molecule has 0 radical (unpaired) electrons. The second-order valence-corrected chi connectivity index (χ2v) is 13.8. The summed E-state index contributed by atoms with van der Waals surface area (Å²) in [5.41, 5.74) is 3.25. The van der Waals surface area contributed by atoms with E-state index in [2.05, 4.69) is 21.4 Å². The van der Waals surface area contributed by atoms with Crippen molar-refractivity contribution in [2.75, 3.05) is 37.4 Å². The standard InChI is InChI=1S/C34H43N3O5S/c1-25-32(23-37-21-7-8-30(37)22-36-19-5-6-20-36)41-34(42-33(25)27-13-11-26(24-38)12-14-27)28-15-17-29(18-16-28)35-43(39,40)31-9-3-2-4-10-31/h2-4,9-18,25,30,32-35,38H,5-8,19-24H2,1H3/t25-,30-,32+,33+,34+/m0/s1. The zero-order valence-corrected chi connectivity index (χ0v) is 25.7. The molecule has 230 valence electrons. The monoisotopic (exact) mass is 605 g/mol. The van der Waals surface area contributed by atoms with Gasteiger partial charge in [-0.25, -0.2) is 8.42 Å². The van der Waals surface area contributed by atoms with E-state index < -0.39 is 16.3 Å². The summed E-state index contributed by atoms with van der Waals surface area (Å²) in [4.78, 5) is 5.45. The molecule has 5 atom stereocenters. The summed E-state index contributed by atoms with van der Waals surface area (Å²) in [6.45, 7) is 7.69. The largest absolute Gasteiger partial charge is 0.392 e. The highest BCUT2D eigenvalue weighted by atomic mass is 32.2. The van der Waals surface area contributed by atoms with E-state index in [1.807, 2.05) is 36.4 Å². The summed E-state index contributed by atoms with van der Waals surface area (Å²) in [6.07, 6.45) is 4.22. The van der Waals surface area contributed by atoms with Crippen LogP contribution in [0.2, 0.25) is 0 Å². The molecule has 3 aromatic rings. The van der Waals surface area contributed by atoms with Gasteiger partial charge in [-0.15, -0.1) is 0 Å². The highest BCUT2D eigenvalue weighted by molar-refractivity contribution is 7.92. The van der Waals surface area contributed by atoms with E-state index in [0.29, 0.717) is 11.7 Å². The molecular weight excluding hydrogens is 562 g/mol. The normalized spacial score (nSPS) is 27.0. The van der Waals surface area contributed by atoms with E-state index in [-0.39, 0.29) is 29.6 Å². The van der Waals surface area contributed by atoms with Crippen LogP contribution in [0.4, 0.5) is 5.69 Å². The lowest BCUT2D eigenvalue weighted by Crippen LogP contribution is -2.48. The number of hydrogen-bond donors (Lipinski definition) is 2. The third kappa shape index (κ3) is 7.14. The number of aliphatic hydroxyl groups excluding tert-OH is 1. The number of anilines is 1. The van der Waals surface area contributed by atoms with Gasteiger partial charge in [-0.3, -0.25) is 9.62 Å². The molecule has 0 bridgehead atoms. The van der Waals surface area contributed by atoms with E-state index in [4.69, 9.17) is 9.47 Å². The van der Waals surface area contributed by atoms with Crippen molar-refractivity contribution in [2.45, 2.75) is 68.6 Å². The molecule has 0 aromatic heterocycles. The van der Waals surface area contributed by atoms with Crippen LogP contribution in [0.5, 0.6) is 0 Å².